The van der Waals surface area contributed by atoms with Gasteiger partial charge in [0.2, 0.25) is 5.91 Å². The molecule has 3 rings (SSSR count). The van der Waals surface area contributed by atoms with Crippen LogP contribution in [0.2, 0.25) is 0 Å². The highest BCUT2D eigenvalue weighted by Crippen LogP contribution is 2.23. The number of thioether (sulfide) groups is 1. The zero-order chi connectivity index (χ0) is 15.2. The molecule has 0 unspecified atom stereocenters. The Kier molecular flexibility index (Phi) is 5.14. The quantitative estimate of drug-likeness (QED) is 0.659. The Bertz CT molecular complexity index is 696. The largest absolute Gasteiger partial charge is 0.352 e. The van der Waals surface area contributed by atoms with Gasteiger partial charge in [0, 0.05) is 18.0 Å². The molecule has 0 saturated carbocycles. The second-order valence-corrected chi connectivity index (χ2v) is 6.44. The molecular formula is C18H20N2OS. The normalized spacial score (nSPS) is 14.6. The fourth-order valence-corrected chi connectivity index (χ4v) is 3.27. The monoisotopic (exact) mass is 312 g/mol. The summed E-state index contributed by atoms with van der Waals surface area (Å²) in [5, 5.41) is 8.72. The summed E-state index contributed by atoms with van der Waals surface area (Å²) in [7, 11) is 0. The van der Waals surface area contributed by atoms with Crippen molar-refractivity contribution in [2.24, 2.45) is 0 Å². The number of hydrogen-bond donors (Lipinski definition) is 2. The maximum absolute atomic E-state index is 11.9. The zero-order valence-electron chi connectivity index (χ0n) is 12.5. The minimum Gasteiger partial charge on any atom is -0.352 e. The number of benzene rings is 2. The molecule has 0 fully saturated rings. The van der Waals surface area contributed by atoms with E-state index in [1.165, 1.54) is 16.3 Å². The summed E-state index contributed by atoms with van der Waals surface area (Å²) in [5.74, 6) is 0.557. The van der Waals surface area contributed by atoms with E-state index in [2.05, 4.69) is 47.0 Å². The number of fused-ring (bicyclic) bond motifs is 1. The van der Waals surface area contributed by atoms with Crippen molar-refractivity contribution in [1.29, 1.82) is 0 Å². The number of rotatable bonds is 5. The van der Waals surface area contributed by atoms with Crippen LogP contribution in [0.25, 0.3) is 10.8 Å². The van der Waals surface area contributed by atoms with Crippen LogP contribution in [0.4, 0.5) is 0 Å². The minimum absolute atomic E-state index is 0.0950. The van der Waals surface area contributed by atoms with Gasteiger partial charge in [0.05, 0.1) is 5.75 Å². The molecule has 0 atom stereocenters. The lowest BCUT2D eigenvalue weighted by molar-refractivity contribution is -0.118. The van der Waals surface area contributed by atoms with Gasteiger partial charge < -0.3 is 10.6 Å². The van der Waals surface area contributed by atoms with Gasteiger partial charge >= 0.3 is 0 Å². The molecule has 0 bridgehead atoms. The van der Waals surface area contributed by atoms with Crippen LogP contribution < -0.4 is 10.6 Å². The van der Waals surface area contributed by atoms with Gasteiger partial charge in [-0.2, -0.15) is 0 Å². The predicted octanol–water partition coefficient (Wildman–Crippen LogP) is 2.97. The average molecular weight is 312 g/mol. The first-order valence-corrected chi connectivity index (χ1v) is 8.57. The summed E-state index contributed by atoms with van der Waals surface area (Å²) in [4.78, 5) is 13.1. The van der Waals surface area contributed by atoms with E-state index in [0.717, 1.165) is 24.4 Å². The van der Waals surface area contributed by atoms with Gasteiger partial charge in [-0.1, -0.05) is 42.0 Å². The van der Waals surface area contributed by atoms with E-state index in [4.69, 9.17) is 0 Å². The van der Waals surface area contributed by atoms with Crippen LogP contribution in [-0.2, 0) is 4.79 Å². The summed E-state index contributed by atoms with van der Waals surface area (Å²) >= 11 is 1.59. The number of nitrogens with one attached hydrogen (secondary N) is 2. The number of carbonyl (C=O) groups excluding carboxylic acids is 1. The first kappa shape index (κ1) is 15.1. The van der Waals surface area contributed by atoms with Crippen molar-refractivity contribution < 1.29 is 4.79 Å². The van der Waals surface area contributed by atoms with E-state index in [1.54, 1.807) is 11.8 Å². The molecular weight excluding hydrogens is 292 g/mol. The maximum Gasteiger partial charge on any atom is 0.230 e. The van der Waals surface area contributed by atoms with Crippen molar-refractivity contribution in [3.63, 3.8) is 0 Å². The topological polar surface area (TPSA) is 41.1 Å². The summed E-state index contributed by atoms with van der Waals surface area (Å²) in [6.07, 6.45) is 3.19. The van der Waals surface area contributed by atoms with Crippen molar-refractivity contribution in [3.8, 4) is 0 Å². The Morgan fingerprint density at radius 1 is 1.18 bits per heavy atom. The Morgan fingerprint density at radius 3 is 2.86 bits per heavy atom. The van der Waals surface area contributed by atoms with E-state index in [1.807, 2.05) is 12.1 Å². The molecule has 1 aliphatic rings. The standard InChI is InChI=1S/C18H20N2OS/c21-18(20-12-14-7-9-19-10-8-14)13-22-17-6-5-15-3-1-2-4-16(15)11-17/h1-7,11,19H,8-10,12-13H2,(H,20,21). The van der Waals surface area contributed by atoms with Crippen LogP contribution in [0.15, 0.2) is 59.0 Å². The molecule has 0 aliphatic carbocycles. The third kappa shape index (κ3) is 4.12. The molecule has 114 valence electrons. The van der Waals surface area contributed by atoms with E-state index in [0.29, 0.717) is 12.3 Å². The van der Waals surface area contributed by atoms with Gasteiger partial charge in [0.1, 0.15) is 0 Å². The Hall–Kier alpha value is -1.78. The Morgan fingerprint density at radius 2 is 2.05 bits per heavy atom. The zero-order valence-corrected chi connectivity index (χ0v) is 13.3. The predicted molar refractivity (Wildman–Crippen MR) is 93.3 cm³/mol. The molecule has 2 aromatic rings. The van der Waals surface area contributed by atoms with Crippen LogP contribution in [0, 0.1) is 0 Å². The molecule has 0 radical (unpaired) electrons. The van der Waals surface area contributed by atoms with Crippen LogP contribution in [0.3, 0.4) is 0 Å². The van der Waals surface area contributed by atoms with E-state index in [9.17, 15) is 4.79 Å². The third-order valence-electron chi connectivity index (χ3n) is 3.76. The van der Waals surface area contributed by atoms with Crippen molar-refractivity contribution in [1.82, 2.24) is 10.6 Å². The fraction of sp³-hybridized carbons (Fsp3) is 0.278. The van der Waals surface area contributed by atoms with Gasteiger partial charge in [-0.25, -0.2) is 0 Å². The van der Waals surface area contributed by atoms with Crippen LogP contribution in [0.1, 0.15) is 6.42 Å². The molecule has 4 heteroatoms. The van der Waals surface area contributed by atoms with E-state index < -0.39 is 0 Å². The molecule has 0 spiro atoms. The first-order chi connectivity index (χ1) is 10.8. The fourth-order valence-electron chi connectivity index (χ4n) is 2.50. The van der Waals surface area contributed by atoms with Crippen molar-refractivity contribution in [2.75, 3.05) is 25.4 Å². The van der Waals surface area contributed by atoms with Crippen LogP contribution in [0.5, 0.6) is 0 Å². The van der Waals surface area contributed by atoms with Crippen molar-refractivity contribution in [2.45, 2.75) is 11.3 Å². The Balaban J connectivity index is 1.50. The maximum atomic E-state index is 11.9. The number of hydrogen-bond acceptors (Lipinski definition) is 3. The molecule has 2 N–H and O–H groups in total. The van der Waals surface area contributed by atoms with E-state index >= 15 is 0 Å². The molecule has 2 aromatic carbocycles. The van der Waals surface area contributed by atoms with Crippen molar-refractivity contribution in [3.05, 3.63) is 54.1 Å². The summed E-state index contributed by atoms with van der Waals surface area (Å²) in [6.45, 7) is 2.60. The highest BCUT2D eigenvalue weighted by atomic mass is 32.2. The number of amides is 1. The van der Waals surface area contributed by atoms with Gasteiger partial charge in [-0.3, -0.25) is 4.79 Å². The smallest absolute Gasteiger partial charge is 0.230 e. The molecule has 0 saturated heterocycles. The lowest BCUT2D eigenvalue weighted by Crippen LogP contribution is -2.30. The van der Waals surface area contributed by atoms with E-state index in [-0.39, 0.29) is 5.91 Å². The molecule has 1 heterocycles. The summed E-state index contributed by atoms with van der Waals surface area (Å²) in [6, 6.07) is 14.6. The molecule has 1 amide bonds. The number of carbonyl (C=O) groups is 1. The highest BCUT2D eigenvalue weighted by molar-refractivity contribution is 8.00. The Labute approximate surface area is 135 Å². The highest BCUT2D eigenvalue weighted by Gasteiger charge is 2.06. The third-order valence-corrected chi connectivity index (χ3v) is 4.76. The summed E-state index contributed by atoms with van der Waals surface area (Å²) < 4.78 is 0. The average Bonchev–Trinajstić information content (AvgIpc) is 2.59. The molecule has 1 aliphatic heterocycles. The van der Waals surface area contributed by atoms with Crippen LogP contribution in [-0.4, -0.2) is 31.3 Å². The SMILES string of the molecule is O=C(CSc1ccc2ccccc2c1)NCC1=CCNCC1. The van der Waals surface area contributed by atoms with Crippen molar-refractivity contribution >= 4 is 28.4 Å². The second-order valence-electron chi connectivity index (χ2n) is 5.39. The first-order valence-electron chi connectivity index (χ1n) is 7.58. The van der Waals surface area contributed by atoms with Gasteiger partial charge in [-0.05, 0) is 35.9 Å². The molecule has 0 aromatic heterocycles. The second kappa shape index (κ2) is 7.47. The molecule has 22 heavy (non-hydrogen) atoms. The van der Waals surface area contributed by atoms with Crippen LogP contribution >= 0.6 is 11.8 Å². The minimum atomic E-state index is 0.0950. The van der Waals surface area contributed by atoms with Gasteiger partial charge in [-0.15, -0.1) is 11.8 Å². The molecule has 3 nitrogen and oxygen atoms in total. The van der Waals surface area contributed by atoms with Gasteiger partial charge in [0.25, 0.3) is 0 Å². The summed E-state index contributed by atoms with van der Waals surface area (Å²) in [5.41, 5.74) is 1.32. The van der Waals surface area contributed by atoms with Gasteiger partial charge in [0.15, 0.2) is 0 Å². The lowest BCUT2D eigenvalue weighted by Gasteiger charge is -2.14. The lowest BCUT2D eigenvalue weighted by atomic mass is 10.1.